The lowest BCUT2D eigenvalue weighted by atomic mass is 9.77. The predicted molar refractivity (Wildman–Crippen MR) is 239 cm³/mol. The monoisotopic (exact) mass is 710 g/mol. The van der Waals surface area contributed by atoms with Crippen LogP contribution >= 0.6 is 0 Å². The van der Waals surface area contributed by atoms with E-state index in [1.165, 1.54) is 83.2 Å². The zero-order chi connectivity index (χ0) is 38.6. The molecule has 0 aromatic heterocycles. The smallest absolute Gasteiger partial charge is 0.0121 e. The van der Waals surface area contributed by atoms with Gasteiger partial charge in [0.05, 0.1) is 0 Å². The van der Waals surface area contributed by atoms with Crippen LogP contribution in [-0.4, -0.2) is 0 Å². The molecule has 0 saturated carbocycles. The first-order valence-corrected chi connectivity index (χ1v) is 20.8. The van der Waals surface area contributed by atoms with Gasteiger partial charge in [-0.15, -0.1) is 0 Å². The Hall–Kier alpha value is -4.68. The number of hydrogen-bond acceptors (Lipinski definition) is 0. The van der Waals surface area contributed by atoms with Crippen LogP contribution in [0.2, 0.25) is 0 Å². The highest BCUT2D eigenvalue weighted by molar-refractivity contribution is 6.00. The topological polar surface area (TPSA) is 0 Å². The van der Waals surface area contributed by atoms with E-state index in [2.05, 4.69) is 177 Å². The summed E-state index contributed by atoms with van der Waals surface area (Å²) in [5.74, 6) is 0.630. The third kappa shape index (κ3) is 7.25. The Morgan fingerprint density at radius 3 is 2.39 bits per heavy atom. The summed E-state index contributed by atoms with van der Waals surface area (Å²) >= 11 is 0. The molecule has 54 heavy (non-hydrogen) atoms. The number of fused-ring (bicyclic) bond motifs is 3. The summed E-state index contributed by atoms with van der Waals surface area (Å²) in [4.78, 5) is 0. The average molecular weight is 711 g/mol. The summed E-state index contributed by atoms with van der Waals surface area (Å²) in [5.41, 5.74) is 19.6. The molecule has 0 N–H and O–H groups in total. The van der Waals surface area contributed by atoms with Crippen molar-refractivity contribution in [2.75, 3.05) is 0 Å². The van der Waals surface area contributed by atoms with Crippen molar-refractivity contribution >= 4 is 27.5 Å². The van der Waals surface area contributed by atoms with Crippen molar-refractivity contribution in [3.05, 3.63) is 183 Å². The lowest BCUT2D eigenvalue weighted by Gasteiger charge is -2.27. The van der Waals surface area contributed by atoms with E-state index < -0.39 is 0 Å². The molecule has 4 aliphatic rings. The molecule has 0 saturated heterocycles. The first kappa shape index (κ1) is 39.0. The largest absolute Gasteiger partial charge is 0.0845 e. The summed E-state index contributed by atoms with van der Waals surface area (Å²) in [6.07, 6.45) is 29.5. The Morgan fingerprint density at radius 2 is 1.65 bits per heavy atom. The van der Waals surface area contributed by atoms with Crippen LogP contribution < -0.4 is 0 Å². The third-order valence-electron chi connectivity index (χ3n) is 12.0. The molecular weight excluding hydrogens is 649 g/mol. The standard InChI is InChI=1S/C52H56.C2H6/c1-9-12-19-37-26-27-40(30-34(37)4)51-36(6)32-47(39-28-29-45-44-23-15-16-25-49(44)52(7,8)50(45)33-39)35(5)31-48(41(11-3)46(51)18-10-2)43-24-17-21-38-20-13-14-22-42(38)43;1-2/h11-15,17-24,26-29,31-35H,9-10,16,25,30H2,1-8H3;1-2H3/b19-12-,41-11?,46-18+,47-32+,48-31?,51-36+;. The molecule has 0 spiro atoms. The highest BCUT2D eigenvalue weighted by Gasteiger charge is 2.37. The normalized spacial score (nSPS) is 24.9. The second-order valence-electron chi connectivity index (χ2n) is 15.8. The Labute approximate surface area is 327 Å². The molecule has 2 unspecified atom stereocenters. The van der Waals surface area contributed by atoms with Crippen LogP contribution in [0.5, 0.6) is 0 Å². The lowest BCUT2D eigenvalue weighted by Crippen LogP contribution is -2.18. The number of hydrogen-bond donors (Lipinski definition) is 0. The third-order valence-corrected chi connectivity index (χ3v) is 12.0. The van der Waals surface area contributed by atoms with E-state index in [9.17, 15) is 0 Å². The van der Waals surface area contributed by atoms with Crippen LogP contribution in [0.25, 0.3) is 27.5 Å². The van der Waals surface area contributed by atoms with Gasteiger partial charge in [-0.05, 0) is 141 Å². The number of allylic oxidation sites excluding steroid dienone is 20. The fraction of sp³-hybridized carbons (Fsp3) is 0.333. The molecule has 278 valence electrons. The van der Waals surface area contributed by atoms with Gasteiger partial charge in [0.2, 0.25) is 0 Å². The molecular formula is C54H62. The predicted octanol–water partition coefficient (Wildman–Crippen LogP) is 15.8. The van der Waals surface area contributed by atoms with Gasteiger partial charge in [0.25, 0.3) is 0 Å². The van der Waals surface area contributed by atoms with Gasteiger partial charge < -0.3 is 0 Å². The van der Waals surface area contributed by atoms with Gasteiger partial charge in [0.1, 0.15) is 0 Å². The number of benzene rings is 3. The van der Waals surface area contributed by atoms with E-state index >= 15 is 0 Å². The zero-order valence-corrected chi connectivity index (χ0v) is 34.7. The highest BCUT2D eigenvalue weighted by Crippen LogP contribution is 2.51. The molecule has 7 rings (SSSR count). The number of rotatable bonds is 6. The molecule has 0 fully saturated rings. The zero-order valence-electron chi connectivity index (χ0n) is 34.7. The van der Waals surface area contributed by atoms with E-state index in [1.54, 1.807) is 5.57 Å². The van der Waals surface area contributed by atoms with Crippen molar-refractivity contribution in [2.24, 2.45) is 11.8 Å². The van der Waals surface area contributed by atoms with Crippen molar-refractivity contribution in [1.82, 2.24) is 0 Å². The summed E-state index contributed by atoms with van der Waals surface area (Å²) in [5, 5.41) is 2.58. The van der Waals surface area contributed by atoms with Crippen molar-refractivity contribution in [3.63, 3.8) is 0 Å². The molecule has 0 aliphatic heterocycles. The first-order valence-electron chi connectivity index (χ1n) is 20.8. The second-order valence-corrected chi connectivity index (χ2v) is 15.8. The summed E-state index contributed by atoms with van der Waals surface area (Å²) in [7, 11) is 0. The molecule has 0 heteroatoms. The van der Waals surface area contributed by atoms with E-state index in [0.717, 1.165) is 32.1 Å². The van der Waals surface area contributed by atoms with Crippen LogP contribution in [-0.2, 0) is 5.41 Å². The highest BCUT2D eigenvalue weighted by atomic mass is 14.4. The van der Waals surface area contributed by atoms with Crippen molar-refractivity contribution in [2.45, 2.75) is 107 Å². The molecule has 0 nitrogen and oxygen atoms in total. The molecule has 0 radical (unpaired) electrons. The van der Waals surface area contributed by atoms with E-state index in [1.807, 2.05) is 13.8 Å². The van der Waals surface area contributed by atoms with Gasteiger partial charge >= 0.3 is 0 Å². The Balaban J connectivity index is 0.00000245. The van der Waals surface area contributed by atoms with Crippen molar-refractivity contribution in [3.8, 4) is 0 Å². The van der Waals surface area contributed by atoms with E-state index in [0.29, 0.717) is 5.92 Å². The molecule has 2 atom stereocenters. The van der Waals surface area contributed by atoms with Gasteiger partial charge in [-0.3, -0.25) is 0 Å². The maximum atomic E-state index is 2.57. The van der Waals surface area contributed by atoms with Crippen LogP contribution in [0.4, 0.5) is 0 Å². The minimum Gasteiger partial charge on any atom is -0.0845 e. The first-order chi connectivity index (χ1) is 26.2. The fourth-order valence-electron chi connectivity index (χ4n) is 9.29. The van der Waals surface area contributed by atoms with Crippen LogP contribution in [0.15, 0.2) is 160 Å². The Morgan fingerprint density at radius 1 is 0.870 bits per heavy atom. The second kappa shape index (κ2) is 16.8. The minimum atomic E-state index is 0.0300. The maximum absolute atomic E-state index is 2.57. The van der Waals surface area contributed by atoms with Crippen molar-refractivity contribution in [1.29, 1.82) is 0 Å². The van der Waals surface area contributed by atoms with Gasteiger partial charge in [-0.25, -0.2) is 0 Å². The lowest BCUT2D eigenvalue weighted by molar-refractivity contribution is 0.607. The van der Waals surface area contributed by atoms with Gasteiger partial charge in [0.15, 0.2) is 0 Å². The Bertz CT molecular complexity index is 2230. The van der Waals surface area contributed by atoms with Gasteiger partial charge in [-0.2, -0.15) is 0 Å². The maximum Gasteiger partial charge on any atom is 0.0121 e. The van der Waals surface area contributed by atoms with Gasteiger partial charge in [0, 0.05) is 11.3 Å². The van der Waals surface area contributed by atoms with Gasteiger partial charge in [-0.1, -0.05) is 176 Å². The molecule has 0 heterocycles. The summed E-state index contributed by atoms with van der Waals surface area (Å²) in [6, 6.07) is 23.1. The molecule has 3 aromatic rings. The molecule has 3 aromatic carbocycles. The van der Waals surface area contributed by atoms with Crippen LogP contribution in [0.3, 0.4) is 0 Å². The SMILES string of the molecule is CC.CC=C1C(c2cccc3ccccc23)=CC(C)\C(c2ccc3c(c2)C(C)(C)C2=C3C=CCC2)=C/C(C)=C(C2=CC=C(/C=C\CC)C(C)C2)/C1=C/CC. The molecule has 0 bridgehead atoms. The minimum absolute atomic E-state index is 0.0300. The van der Waals surface area contributed by atoms with Crippen LogP contribution in [0.1, 0.15) is 124 Å². The van der Waals surface area contributed by atoms with Crippen LogP contribution in [0, 0.1) is 11.8 Å². The average Bonchev–Trinajstić information content (AvgIpc) is 3.44. The van der Waals surface area contributed by atoms with E-state index in [-0.39, 0.29) is 11.3 Å². The molecule has 4 aliphatic carbocycles. The fourth-order valence-corrected chi connectivity index (χ4v) is 9.29. The Kier molecular flexibility index (Phi) is 12.1. The quantitative estimate of drug-likeness (QED) is 0.239. The van der Waals surface area contributed by atoms with E-state index in [4.69, 9.17) is 0 Å². The molecule has 0 amide bonds. The summed E-state index contributed by atoms with van der Waals surface area (Å²) < 4.78 is 0. The van der Waals surface area contributed by atoms with Crippen molar-refractivity contribution < 1.29 is 0 Å². The summed E-state index contributed by atoms with van der Waals surface area (Å²) in [6.45, 7) is 22.8.